The molecule has 5 aromatic rings. The Morgan fingerprint density at radius 1 is 0.981 bits per heavy atom. The number of phenolic OH excluding ortho intramolecular Hbond substituents is 1. The molecule has 0 bridgehead atoms. The summed E-state index contributed by atoms with van der Waals surface area (Å²) >= 11 is 0. The first-order valence-electron chi connectivity index (χ1n) is 17.0. The van der Waals surface area contributed by atoms with Crippen LogP contribution in [0, 0.1) is 5.82 Å². The van der Waals surface area contributed by atoms with Crippen molar-refractivity contribution in [3.05, 3.63) is 124 Å². The number of anilines is 2. The minimum absolute atomic E-state index is 0.0125. The van der Waals surface area contributed by atoms with Crippen LogP contribution in [0.5, 0.6) is 5.75 Å². The zero-order valence-corrected chi connectivity index (χ0v) is 28.2. The molecule has 2 amide bonds. The van der Waals surface area contributed by atoms with Crippen LogP contribution in [0.2, 0.25) is 0 Å². The van der Waals surface area contributed by atoms with Crippen molar-refractivity contribution in [1.82, 2.24) is 15.2 Å². The highest BCUT2D eigenvalue weighted by Crippen LogP contribution is 2.30. The lowest BCUT2D eigenvalue weighted by molar-refractivity contribution is -0.121. The molecule has 6 rings (SSSR count). The van der Waals surface area contributed by atoms with E-state index in [1.165, 1.54) is 36.4 Å². The van der Waals surface area contributed by atoms with Gasteiger partial charge in [0.15, 0.2) is 0 Å². The number of ether oxygens (including phenoxy) is 1. The van der Waals surface area contributed by atoms with Crippen molar-refractivity contribution in [3.63, 3.8) is 0 Å². The van der Waals surface area contributed by atoms with Gasteiger partial charge in [0.2, 0.25) is 5.56 Å². The molecule has 1 unspecified atom stereocenters. The molecule has 270 valence electrons. The van der Waals surface area contributed by atoms with Crippen LogP contribution in [0.4, 0.5) is 25.0 Å². The largest absolute Gasteiger partial charge is 0.506 e. The molecule has 5 N–H and O–H groups in total. The van der Waals surface area contributed by atoms with Gasteiger partial charge in [0, 0.05) is 67.8 Å². The standard InChI is InChI=1S/C39H39F2N5O6/c40-32-22-27(11-10-26(32)23-42-24-35(48)30-12-14-34(47)38-31(30)13-15-36(49)44-38)46(41)37(50)18-21-45-19-16-28(17-20-45)52-39(51)43-33-9-5-4-8-29(33)25-6-2-1-3-7-25/h1-15,22,28,35,42,47-48H,16-21,23-24H2,(H,43,51)(H,44,49). The van der Waals surface area contributed by atoms with Gasteiger partial charge in [0.25, 0.3) is 5.91 Å². The molecule has 4 aromatic carbocycles. The zero-order chi connectivity index (χ0) is 36.6. The summed E-state index contributed by atoms with van der Waals surface area (Å²) in [6.07, 6.45) is -0.883. The zero-order valence-electron chi connectivity index (χ0n) is 28.2. The van der Waals surface area contributed by atoms with Crippen molar-refractivity contribution < 1.29 is 33.4 Å². The van der Waals surface area contributed by atoms with Crippen LogP contribution in [0.15, 0.2) is 102 Å². The predicted octanol–water partition coefficient (Wildman–Crippen LogP) is 6.18. The maximum Gasteiger partial charge on any atom is 0.411 e. The van der Waals surface area contributed by atoms with Crippen molar-refractivity contribution in [2.45, 2.75) is 38.0 Å². The number of aromatic nitrogens is 1. The molecular weight excluding hydrogens is 672 g/mol. The minimum atomic E-state index is -1.04. The monoisotopic (exact) mass is 711 g/mol. The summed E-state index contributed by atoms with van der Waals surface area (Å²) in [5.74, 6) is -1.67. The number of halogens is 2. The molecule has 1 aromatic heterocycles. The highest BCUT2D eigenvalue weighted by molar-refractivity contribution is 5.92. The van der Waals surface area contributed by atoms with Crippen molar-refractivity contribution in [1.29, 1.82) is 0 Å². The van der Waals surface area contributed by atoms with E-state index in [1.54, 1.807) is 0 Å². The number of fused-ring (bicyclic) bond motifs is 1. The van der Waals surface area contributed by atoms with E-state index < -0.39 is 29.5 Å². The summed E-state index contributed by atoms with van der Waals surface area (Å²) in [6, 6.07) is 26.5. The number of carbonyl (C=O) groups is 2. The number of carbonyl (C=O) groups excluding carboxylic acids is 2. The molecule has 1 aliphatic heterocycles. The van der Waals surface area contributed by atoms with Gasteiger partial charge in [0.05, 0.1) is 23.0 Å². The van der Waals surface area contributed by atoms with Gasteiger partial charge in [-0.1, -0.05) is 65.1 Å². The molecule has 0 aliphatic carbocycles. The predicted molar refractivity (Wildman–Crippen MR) is 194 cm³/mol. The number of amides is 2. The van der Waals surface area contributed by atoms with Crippen LogP contribution in [-0.4, -0.2) is 64.4 Å². The number of nitrogens with zero attached hydrogens (tertiary/aromatic N) is 2. The molecular formula is C39H39F2N5O6. The number of hydrogen-bond donors (Lipinski definition) is 5. The summed E-state index contributed by atoms with van der Waals surface area (Å²) in [6.45, 7) is 1.45. The highest BCUT2D eigenvalue weighted by atomic mass is 19.2. The maximum absolute atomic E-state index is 15.0. The summed E-state index contributed by atoms with van der Waals surface area (Å²) in [4.78, 5) is 41.6. The number of rotatable bonds is 12. The van der Waals surface area contributed by atoms with E-state index in [2.05, 4.69) is 15.6 Å². The molecule has 1 saturated heterocycles. The SMILES string of the molecule is O=C(Nc1ccccc1-c1ccccc1)OC1CCN(CCC(=O)N(F)c2ccc(CNCC(O)c3ccc(O)c4[nH]c(=O)ccc34)c(F)c2)CC1. The summed E-state index contributed by atoms with van der Waals surface area (Å²) in [5.41, 5.74) is 2.74. The maximum atomic E-state index is 15.0. The van der Waals surface area contributed by atoms with Gasteiger partial charge in [-0.25, -0.2) is 9.18 Å². The van der Waals surface area contributed by atoms with E-state index in [-0.39, 0.29) is 53.3 Å². The van der Waals surface area contributed by atoms with E-state index in [1.807, 2.05) is 59.5 Å². The lowest BCUT2D eigenvalue weighted by Gasteiger charge is -2.31. The Kier molecular flexibility index (Phi) is 11.5. The van der Waals surface area contributed by atoms with Crippen molar-refractivity contribution in [2.75, 3.05) is 36.6 Å². The lowest BCUT2D eigenvalue weighted by atomic mass is 10.0. The molecule has 1 atom stereocenters. The van der Waals surface area contributed by atoms with Crippen molar-refractivity contribution in [3.8, 4) is 16.9 Å². The quantitative estimate of drug-likeness (QED) is 0.0965. The van der Waals surface area contributed by atoms with E-state index in [9.17, 15) is 33.5 Å². The van der Waals surface area contributed by atoms with E-state index in [0.717, 1.165) is 17.2 Å². The smallest absolute Gasteiger partial charge is 0.411 e. The van der Waals surface area contributed by atoms with E-state index >= 15 is 0 Å². The Hall–Kier alpha value is -5.63. The summed E-state index contributed by atoms with van der Waals surface area (Å²) in [5, 5.41) is 27.0. The number of H-pyrrole nitrogens is 1. The molecule has 2 heterocycles. The van der Waals surface area contributed by atoms with Crippen LogP contribution in [0.25, 0.3) is 22.0 Å². The van der Waals surface area contributed by atoms with Crippen LogP contribution in [-0.2, 0) is 16.1 Å². The number of aliphatic hydroxyl groups is 1. The first-order valence-corrected chi connectivity index (χ1v) is 17.0. The Bertz CT molecular complexity index is 2090. The summed E-state index contributed by atoms with van der Waals surface area (Å²) < 4.78 is 35.6. The second-order valence-corrected chi connectivity index (χ2v) is 12.6. The normalized spacial score (nSPS) is 14.2. The number of aliphatic hydroxyl groups excluding tert-OH is 1. The van der Waals surface area contributed by atoms with Crippen LogP contribution >= 0.6 is 0 Å². The average Bonchev–Trinajstić information content (AvgIpc) is 3.15. The van der Waals surface area contributed by atoms with Crippen LogP contribution < -0.4 is 21.3 Å². The van der Waals surface area contributed by atoms with Crippen molar-refractivity contribution >= 4 is 34.3 Å². The third kappa shape index (κ3) is 8.80. The first-order chi connectivity index (χ1) is 25.2. The number of nitrogens with one attached hydrogen (secondary N) is 3. The number of pyridine rings is 1. The second kappa shape index (κ2) is 16.6. The number of aromatic amines is 1. The van der Waals surface area contributed by atoms with Gasteiger partial charge < -0.3 is 30.2 Å². The molecule has 0 radical (unpaired) electrons. The fourth-order valence-corrected chi connectivity index (χ4v) is 6.30. The number of benzene rings is 4. The topological polar surface area (TPSA) is 147 Å². The number of phenols is 1. The first kappa shape index (κ1) is 36.2. The number of likely N-dealkylation sites (tertiary alicyclic amines) is 1. The Labute approximate surface area is 298 Å². The summed E-state index contributed by atoms with van der Waals surface area (Å²) in [7, 11) is 0. The number of aromatic hydroxyl groups is 1. The third-order valence-electron chi connectivity index (χ3n) is 9.10. The van der Waals surface area contributed by atoms with Gasteiger partial charge in [-0.3, -0.25) is 14.9 Å². The van der Waals surface area contributed by atoms with Crippen LogP contribution in [0.3, 0.4) is 0 Å². The number of piperidine rings is 1. The van der Waals surface area contributed by atoms with Gasteiger partial charge in [-0.05, 0) is 48.2 Å². The molecule has 1 fully saturated rings. The van der Waals surface area contributed by atoms with Crippen LogP contribution in [0.1, 0.15) is 36.5 Å². The highest BCUT2D eigenvalue weighted by Gasteiger charge is 2.25. The molecule has 0 saturated carbocycles. The molecule has 0 spiro atoms. The molecule has 11 nitrogen and oxygen atoms in total. The van der Waals surface area contributed by atoms with Gasteiger partial charge in [-0.15, -0.1) is 5.12 Å². The van der Waals surface area contributed by atoms with Gasteiger partial charge in [0.1, 0.15) is 17.7 Å². The van der Waals surface area contributed by atoms with Crippen molar-refractivity contribution in [2.24, 2.45) is 0 Å². The molecule has 52 heavy (non-hydrogen) atoms. The fraction of sp³-hybridized carbons (Fsp3) is 0.256. The van der Waals surface area contributed by atoms with E-state index in [4.69, 9.17) is 4.74 Å². The average molecular weight is 712 g/mol. The Morgan fingerprint density at radius 2 is 1.73 bits per heavy atom. The third-order valence-corrected chi connectivity index (χ3v) is 9.10. The van der Waals surface area contributed by atoms with Gasteiger partial charge in [-0.2, -0.15) is 0 Å². The molecule has 13 heteroatoms. The lowest BCUT2D eigenvalue weighted by Crippen LogP contribution is -2.40. The Balaban J connectivity index is 0.927. The van der Waals surface area contributed by atoms with E-state index in [0.29, 0.717) is 49.1 Å². The number of para-hydroxylation sites is 1. The number of hydrogen-bond acceptors (Lipinski definition) is 8. The Morgan fingerprint density at radius 3 is 2.50 bits per heavy atom. The second-order valence-electron chi connectivity index (χ2n) is 12.6. The molecule has 1 aliphatic rings. The fourth-order valence-electron chi connectivity index (χ4n) is 6.30. The minimum Gasteiger partial charge on any atom is -0.506 e. The van der Waals surface area contributed by atoms with Gasteiger partial charge >= 0.3 is 6.09 Å².